The van der Waals surface area contributed by atoms with Crippen LogP contribution in [0.2, 0.25) is 0 Å². The molecular weight excluding hydrogens is 175 g/mol. The molecular formula is C10H11NaO2. The summed E-state index contributed by atoms with van der Waals surface area (Å²) in [5.74, 6) is 0.319. The van der Waals surface area contributed by atoms with Crippen LogP contribution in [-0.4, -0.2) is 7.11 Å². The van der Waals surface area contributed by atoms with Crippen molar-refractivity contribution in [1.29, 1.82) is 0 Å². The number of benzene rings is 1. The second kappa shape index (κ2) is 6.08. The smallest absolute Gasteiger partial charge is 0.870 e. The van der Waals surface area contributed by atoms with E-state index in [-0.39, 0.29) is 35.3 Å². The maximum absolute atomic E-state index is 11.1. The van der Waals surface area contributed by atoms with E-state index in [4.69, 9.17) is 4.74 Å². The molecule has 0 fully saturated rings. The molecule has 0 atom stereocenters. The zero-order valence-electron chi connectivity index (χ0n) is 8.04. The van der Waals surface area contributed by atoms with Crippen LogP contribution < -0.4 is 39.4 Å². The average Bonchev–Trinajstić information content (AvgIpc) is 2.09. The van der Waals surface area contributed by atoms with Crippen LogP contribution in [0.4, 0.5) is 0 Å². The van der Waals surface area contributed by atoms with Gasteiger partial charge in [-0.2, -0.15) is 0 Å². The minimum absolute atomic E-state index is 0. The summed E-state index contributed by atoms with van der Waals surface area (Å²) in [6.45, 7) is 3.61. The second-order valence-corrected chi connectivity index (χ2v) is 2.48. The number of hydrogen-bond donors (Lipinski definition) is 0. The molecule has 1 aromatic rings. The number of allylic oxidation sites excluding steroid dienone is 1. The predicted molar refractivity (Wildman–Crippen MR) is 46.3 cm³/mol. The topological polar surface area (TPSA) is 32.3 Å². The molecule has 1 rings (SSSR count). The molecule has 0 unspecified atom stereocenters. The Balaban J connectivity index is 0.00000144. The van der Waals surface area contributed by atoms with E-state index in [9.17, 15) is 5.11 Å². The van der Waals surface area contributed by atoms with Crippen LogP contribution in [0.25, 0.3) is 0 Å². The minimum Gasteiger partial charge on any atom is -0.870 e. The Hall–Kier alpha value is -0.440. The third-order valence-corrected chi connectivity index (χ3v) is 1.61. The van der Waals surface area contributed by atoms with Gasteiger partial charge in [-0.05, 0) is 18.1 Å². The van der Waals surface area contributed by atoms with Gasteiger partial charge in [0.1, 0.15) is 5.75 Å². The fourth-order valence-electron chi connectivity index (χ4n) is 1.01. The molecule has 0 saturated heterocycles. The van der Waals surface area contributed by atoms with Crippen molar-refractivity contribution in [2.45, 2.75) is 6.42 Å². The molecule has 64 valence electrons. The summed E-state index contributed by atoms with van der Waals surface area (Å²) in [4.78, 5) is 0. The summed E-state index contributed by atoms with van der Waals surface area (Å²) in [5.41, 5.74) is 1.04. The van der Waals surface area contributed by atoms with Gasteiger partial charge in [-0.1, -0.05) is 24.0 Å². The van der Waals surface area contributed by atoms with Crippen LogP contribution in [0.3, 0.4) is 0 Å². The molecule has 0 bridgehead atoms. The fraction of sp³-hybridized carbons (Fsp3) is 0.200. The van der Waals surface area contributed by atoms with Crippen LogP contribution in [0.5, 0.6) is 11.5 Å². The van der Waals surface area contributed by atoms with Crippen molar-refractivity contribution >= 4 is 0 Å². The molecule has 0 aromatic heterocycles. The zero-order chi connectivity index (χ0) is 8.97. The SMILES string of the molecule is C=CCc1ccc([O-])c(OC)c1.[Na+]. The molecule has 0 aliphatic rings. The summed E-state index contributed by atoms with van der Waals surface area (Å²) < 4.78 is 4.89. The van der Waals surface area contributed by atoms with Crippen molar-refractivity contribution in [3.8, 4) is 11.5 Å². The van der Waals surface area contributed by atoms with E-state index in [0.29, 0.717) is 5.75 Å². The van der Waals surface area contributed by atoms with Crippen LogP contribution in [-0.2, 0) is 6.42 Å². The maximum atomic E-state index is 11.1. The first kappa shape index (κ1) is 12.6. The van der Waals surface area contributed by atoms with Gasteiger partial charge in [0.25, 0.3) is 0 Å². The van der Waals surface area contributed by atoms with Crippen LogP contribution in [0, 0.1) is 0 Å². The second-order valence-electron chi connectivity index (χ2n) is 2.48. The van der Waals surface area contributed by atoms with Crippen molar-refractivity contribution in [1.82, 2.24) is 0 Å². The van der Waals surface area contributed by atoms with E-state index < -0.39 is 0 Å². The van der Waals surface area contributed by atoms with E-state index in [2.05, 4.69) is 6.58 Å². The third kappa shape index (κ3) is 3.43. The third-order valence-electron chi connectivity index (χ3n) is 1.61. The first-order valence-corrected chi connectivity index (χ1v) is 3.72. The normalized spacial score (nSPS) is 8.69. The van der Waals surface area contributed by atoms with Crippen molar-refractivity contribution in [3.63, 3.8) is 0 Å². The molecule has 2 nitrogen and oxygen atoms in total. The summed E-state index contributed by atoms with van der Waals surface area (Å²) in [7, 11) is 1.49. The van der Waals surface area contributed by atoms with Crippen LogP contribution in [0.1, 0.15) is 5.56 Å². The van der Waals surface area contributed by atoms with E-state index in [1.54, 1.807) is 18.2 Å². The Morgan fingerprint density at radius 2 is 2.23 bits per heavy atom. The van der Waals surface area contributed by atoms with Crippen molar-refractivity contribution < 1.29 is 39.4 Å². The molecule has 3 heteroatoms. The van der Waals surface area contributed by atoms with Gasteiger partial charge >= 0.3 is 29.6 Å². The van der Waals surface area contributed by atoms with Gasteiger partial charge in [-0.15, -0.1) is 6.58 Å². The molecule has 0 spiro atoms. The molecule has 0 N–H and O–H groups in total. The molecule has 0 aliphatic heterocycles. The van der Waals surface area contributed by atoms with Gasteiger partial charge in [0.15, 0.2) is 0 Å². The van der Waals surface area contributed by atoms with E-state index in [1.165, 1.54) is 13.2 Å². The summed E-state index contributed by atoms with van der Waals surface area (Å²) in [6, 6.07) is 5.04. The molecule has 0 saturated carbocycles. The van der Waals surface area contributed by atoms with Gasteiger partial charge in [0.2, 0.25) is 0 Å². The number of ether oxygens (including phenoxy) is 1. The summed E-state index contributed by atoms with van der Waals surface area (Å²) >= 11 is 0. The van der Waals surface area contributed by atoms with Crippen LogP contribution in [0.15, 0.2) is 30.9 Å². The number of rotatable bonds is 3. The maximum Gasteiger partial charge on any atom is 1.00 e. The minimum atomic E-state index is -0.0784. The Bertz CT molecular complexity index is 284. The standard InChI is InChI=1S/C10H12O2.Na/c1-3-4-8-5-6-9(11)10(7-8)12-2;/h3,5-7,11H,1,4H2,2H3;/q;+1/p-1. The number of methoxy groups -OCH3 is 1. The van der Waals surface area contributed by atoms with Crippen molar-refractivity contribution in [2.24, 2.45) is 0 Å². The quantitative estimate of drug-likeness (QED) is 0.425. The average molecular weight is 186 g/mol. The predicted octanol–water partition coefficient (Wildman–Crippen LogP) is -1.50. The first-order valence-electron chi connectivity index (χ1n) is 3.72. The van der Waals surface area contributed by atoms with Crippen LogP contribution >= 0.6 is 0 Å². The monoisotopic (exact) mass is 186 g/mol. The molecule has 1 aromatic carbocycles. The molecule has 13 heavy (non-hydrogen) atoms. The van der Waals surface area contributed by atoms with Gasteiger partial charge in [0, 0.05) is 0 Å². The van der Waals surface area contributed by atoms with E-state index in [1.807, 2.05) is 0 Å². The Kier molecular flexibility index (Phi) is 5.88. The zero-order valence-corrected chi connectivity index (χ0v) is 10.0. The van der Waals surface area contributed by atoms with Gasteiger partial charge in [-0.3, -0.25) is 0 Å². The largest absolute Gasteiger partial charge is 1.00 e. The fourth-order valence-corrected chi connectivity index (χ4v) is 1.01. The Morgan fingerprint density at radius 3 is 2.77 bits per heavy atom. The van der Waals surface area contributed by atoms with Crippen molar-refractivity contribution in [3.05, 3.63) is 36.4 Å². The Labute approximate surface area is 101 Å². The van der Waals surface area contributed by atoms with E-state index >= 15 is 0 Å². The summed E-state index contributed by atoms with van der Waals surface area (Å²) in [6.07, 6.45) is 2.55. The van der Waals surface area contributed by atoms with Gasteiger partial charge < -0.3 is 9.84 Å². The van der Waals surface area contributed by atoms with Crippen molar-refractivity contribution in [2.75, 3.05) is 7.11 Å². The molecule has 0 radical (unpaired) electrons. The Morgan fingerprint density at radius 1 is 1.54 bits per heavy atom. The van der Waals surface area contributed by atoms with E-state index in [0.717, 1.165) is 12.0 Å². The molecule has 0 heterocycles. The van der Waals surface area contributed by atoms with Gasteiger partial charge in [0.05, 0.1) is 7.11 Å². The number of hydrogen-bond acceptors (Lipinski definition) is 2. The first-order chi connectivity index (χ1) is 5.77. The molecule has 0 amide bonds. The molecule has 0 aliphatic carbocycles. The van der Waals surface area contributed by atoms with Gasteiger partial charge in [-0.25, -0.2) is 0 Å². The summed E-state index contributed by atoms with van der Waals surface area (Å²) in [5, 5.41) is 11.1.